The van der Waals surface area contributed by atoms with E-state index in [9.17, 15) is 0 Å². The van der Waals surface area contributed by atoms with Crippen molar-refractivity contribution in [2.24, 2.45) is 0 Å². The van der Waals surface area contributed by atoms with Crippen molar-refractivity contribution in [3.8, 4) is 0 Å². The minimum absolute atomic E-state index is 1.01. The van der Waals surface area contributed by atoms with Gasteiger partial charge in [-0.25, -0.2) is 0 Å². The fourth-order valence-electron chi connectivity index (χ4n) is 2.03. The lowest BCUT2D eigenvalue weighted by atomic mass is 10.3. The highest BCUT2D eigenvalue weighted by Crippen LogP contribution is 2.11. The summed E-state index contributed by atoms with van der Waals surface area (Å²) in [6.07, 6.45) is 0. The molecule has 0 saturated carbocycles. The van der Waals surface area contributed by atoms with Crippen LogP contribution in [0.5, 0.6) is 0 Å². The largest absolute Gasteiger partial charge is 0.399 e. The normalized spacial score (nSPS) is 12.9. The fraction of sp³-hybridized carbons (Fsp3) is 0.500. The molecule has 1 aromatic carbocycles. The second-order valence-corrected chi connectivity index (χ2v) is 16.3. The van der Waals surface area contributed by atoms with Gasteiger partial charge < -0.3 is 5.73 Å². The van der Waals surface area contributed by atoms with Gasteiger partial charge in [-0.05, 0) is 11.3 Å². The first kappa shape index (κ1) is 12.5. The van der Waals surface area contributed by atoms with Crippen molar-refractivity contribution in [1.82, 2.24) is 0 Å². The van der Waals surface area contributed by atoms with Gasteiger partial charge in [-0.2, -0.15) is 0 Å². The zero-order valence-electron chi connectivity index (χ0n) is 10.8. The number of anilines is 1. The third-order valence-corrected chi connectivity index (χ3v) is 7.00. The molecule has 0 aromatic heterocycles. The zero-order chi connectivity index (χ0) is 11.9. The van der Waals surface area contributed by atoms with Crippen LogP contribution in [0, 0.1) is 0 Å². The Morgan fingerprint density at radius 1 is 0.867 bits per heavy atom. The lowest BCUT2D eigenvalue weighted by Crippen LogP contribution is -2.57. The summed E-state index contributed by atoms with van der Waals surface area (Å²) >= 11 is 0. The third kappa shape index (κ3) is 2.72. The summed E-state index contributed by atoms with van der Waals surface area (Å²) in [6, 6.07) is 6.44. The average molecular weight is 237 g/mol. The Kier molecular flexibility index (Phi) is 3.17. The number of hydrogen-bond donors (Lipinski definition) is 1. The molecule has 1 aromatic rings. The molecule has 0 heterocycles. The standard InChI is InChI=1S/C12H23NSi2/c1-14(2,3)11-9-7-8-10(13)12(11)15(4,5)6/h7-9H,13H2,1-6H3. The first-order valence-electron chi connectivity index (χ1n) is 5.53. The lowest BCUT2D eigenvalue weighted by Gasteiger charge is -2.29. The van der Waals surface area contributed by atoms with Gasteiger partial charge in [0.2, 0.25) is 0 Å². The molecule has 0 spiro atoms. The van der Waals surface area contributed by atoms with Crippen molar-refractivity contribution < 1.29 is 0 Å². The van der Waals surface area contributed by atoms with Gasteiger partial charge in [0.1, 0.15) is 0 Å². The van der Waals surface area contributed by atoms with Crippen molar-refractivity contribution >= 4 is 32.2 Å². The topological polar surface area (TPSA) is 26.0 Å². The highest BCUT2D eigenvalue weighted by molar-refractivity contribution is 6.99. The van der Waals surface area contributed by atoms with E-state index < -0.39 is 16.1 Å². The summed E-state index contributed by atoms with van der Waals surface area (Å²) in [6.45, 7) is 14.3. The second kappa shape index (κ2) is 3.79. The Morgan fingerprint density at radius 3 is 1.73 bits per heavy atom. The van der Waals surface area contributed by atoms with Crippen LogP contribution in [0.2, 0.25) is 39.3 Å². The van der Waals surface area contributed by atoms with Crippen LogP contribution >= 0.6 is 0 Å². The van der Waals surface area contributed by atoms with Crippen LogP contribution in [0.4, 0.5) is 5.69 Å². The van der Waals surface area contributed by atoms with Crippen LogP contribution in [0.3, 0.4) is 0 Å². The summed E-state index contributed by atoms with van der Waals surface area (Å²) in [7, 11) is -2.59. The van der Waals surface area contributed by atoms with E-state index in [0.717, 1.165) is 5.69 Å². The summed E-state index contributed by atoms with van der Waals surface area (Å²) in [5, 5.41) is 3.05. The summed E-state index contributed by atoms with van der Waals surface area (Å²) in [5.41, 5.74) is 7.17. The monoisotopic (exact) mass is 237 g/mol. The Labute approximate surface area is 95.7 Å². The van der Waals surface area contributed by atoms with Gasteiger partial charge in [0, 0.05) is 5.69 Å². The van der Waals surface area contributed by atoms with Crippen LogP contribution in [0.25, 0.3) is 0 Å². The molecule has 0 fully saturated rings. The first-order chi connectivity index (χ1) is 6.64. The van der Waals surface area contributed by atoms with Gasteiger partial charge in [-0.15, -0.1) is 0 Å². The van der Waals surface area contributed by atoms with Crippen LogP contribution in [0.15, 0.2) is 18.2 Å². The van der Waals surface area contributed by atoms with Crippen molar-refractivity contribution in [2.45, 2.75) is 39.3 Å². The molecule has 0 aliphatic heterocycles. The Hall–Kier alpha value is -0.546. The van der Waals surface area contributed by atoms with E-state index in [0.29, 0.717) is 0 Å². The Balaban J connectivity index is 3.48. The highest BCUT2D eigenvalue weighted by atomic mass is 28.3. The molecule has 1 rings (SSSR count). The molecule has 0 unspecified atom stereocenters. The smallest absolute Gasteiger partial charge is 0.0801 e. The van der Waals surface area contributed by atoms with Crippen LogP contribution in [0.1, 0.15) is 0 Å². The number of hydrogen-bond acceptors (Lipinski definition) is 1. The van der Waals surface area contributed by atoms with Gasteiger partial charge in [0.15, 0.2) is 0 Å². The predicted octanol–water partition coefficient (Wildman–Crippen LogP) is 2.36. The predicted molar refractivity (Wildman–Crippen MR) is 76.8 cm³/mol. The summed E-state index contributed by atoms with van der Waals surface area (Å²) in [5.74, 6) is 0. The molecule has 0 radical (unpaired) electrons. The Morgan fingerprint density at radius 2 is 1.40 bits per heavy atom. The second-order valence-electron chi connectivity index (χ2n) is 6.27. The molecule has 2 N–H and O–H groups in total. The van der Waals surface area contributed by atoms with Gasteiger partial charge in [-0.1, -0.05) is 56.6 Å². The van der Waals surface area contributed by atoms with E-state index in [4.69, 9.17) is 5.73 Å². The van der Waals surface area contributed by atoms with Gasteiger partial charge >= 0.3 is 0 Å². The molecule has 0 saturated heterocycles. The molecular weight excluding hydrogens is 214 g/mol. The lowest BCUT2D eigenvalue weighted by molar-refractivity contribution is 1.65. The van der Waals surface area contributed by atoms with Crippen LogP contribution in [-0.2, 0) is 0 Å². The number of nitrogens with two attached hydrogens (primary N) is 1. The fourth-order valence-corrected chi connectivity index (χ4v) is 7.61. The SMILES string of the molecule is C[Si](C)(C)c1cccc(N)c1[Si](C)(C)C. The summed E-state index contributed by atoms with van der Waals surface area (Å²) < 4.78 is 0. The zero-order valence-corrected chi connectivity index (χ0v) is 12.8. The average Bonchev–Trinajstić information content (AvgIpc) is 1.99. The molecule has 0 bridgehead atoms. The van der Waals surface area contributed by atoms with E-state index in [-0.39, 0.29) is 0 Å². The minimum atomic E-state index is -1.32. The van der Waals surface area contributed by atoms with E-state index in [1.165, 1.54) is 5.19 Å². The van der Waals surface area contributed by atoms with Crippen molar-refractivity contribution in [3.63, 3.8) is 0 Å². The quantitative estimate of drug-likeness (QED) is 0.620. The van der Waals surface area contributed by atoms with Gasteiger partial charge in [0.25, 0.3) is 0 Å². The molecule has 0 atom stereocenters. The van der Waals surface area contributed by atoms with Gasteiger partial charge in [0.05, 0.1) is 16.1 Å². The molecule has 1 nitrogen and oxygen atoms in total. The van der Waals surface area contributed by atoms with Crippen molar-refractivity contribution in [2.75, 3.05) is 5.73 Å². The molecule has 0 aliphatic rings. The maximum Gasteiger partial charge on any atom is 0.0801 e. The maximum atomic E-state index is 6.16. The first-order valence-corrected chi connectivity index (χ1v) is 12.5. The van der Waals surface area contributed by atoms with E-state index >= 15 is 0 Å². The maximum absolute atomic E-state index is 6.16. The molecular formula is C12H23NSi2. The Bertz CT molecular complexity index is 359. The van der Waals surface area contributed by atoms with E-state index in [1.54, 1.807) is 5.19 Å². The van der Waals surface area contributed by atoms with Crippen LogP contribution in [-0.4, -0.2) is 16.1 Å². The molecule has 0 aliphatic carbocycles. The number of benzene rings is 1. The number of rotatable bonds is 2. The van der Waals surface area contributed by atoms with E-state index in [1.807, 2.05) is 0 Å². The molecule has 15 heavy (non-hydrogen) atoms. The highest BCUT2D eigenvalue weighted by Gasteiger charge is 2.28. The van der Waals surface area contributed by atoms with Crippen molar-refractivity contribution in [1.29, 1.82) is 0 Å². The van der Waals surface area contributed by atoms with Crippen molar-refractivity contribution in [3.05, 3.63) is 18.2 Å². The minimum Gasteiger partial charge on any atom is -0.399 e. The third-order valence-electron chi connectivity index (χ3n) is 2.65. The molecule has 0 amide bonds. The van der Waals surface area contributed by atoms with Gasteiger partial charge in [-0.3, -0.25) is 0 Å². The molecule has 3 heteroatoms. The number of nitrogen functional groups attached to an aromatic ring is 1. The van der Waals surface area contributed by atoms with E-state index in [2.05, 4.69) is 57.5 Å². The van der Waals surface area contributed by atoms with Crippen LogP contribution < -0.4 is 16.1 Å². The summed E-state index contributed by atoms with van der Waals surface area (Å²) in [4.78, 5) is 0. The molecule has 84 valence electrons.